The zero-order valence-electron chi connectivity index (χ0n) is 18.7. The highest BCUT2D eigenvalue weighted by Gasteiger charge is 2.23. The molecule has 1 unspecified atom stereocenters. The largest absolute Gasteiger partial charge is 0.357 e. The van der Waals surface area contributed by atoms with Crippen LogP contribution in [0.2, 0.25) is 0 Å². The third kappa shape index (κ3) is 6.75. The van der Waals surface area contributed by atoms with Crippen LogP contribution in [-0.4, -0.2) is 46.1 Å². The van der Waals surface area contributed by atoms with Crippen molar-refractivity contribution in [2.75, 3.05) is 19.6 Å². The van der Waals surface area contributed by atoms with Gasteiger partial charge in [-0.2, -0.15) is 0 Å². The maximum Gasteiger partial charge on any atom is 0.191 e. The lowest BCUT2D eigenvalue weighted by atomic mass is 10.0. The maximum absolute atomic E-state index is 14.0. The van der Waals surface area contributed by atoms with E-state index in [1.807, 2.05) is 19.3 Å². The van der Waals surface area contributed by atoms with E-state index in [1.165, 1.54) is 18.2 Å². The van der Waals surface area contributed by atoms with E-state index in [2.05, 4.69) is 38.9 Å². The summed E-state index contributed by atoms with van der Waals surface area (Å²) in [6.07, 6.45) is 5.76. The molecule has 1 aliphatic rings. The zero-order chi connectivity index (χ0) is 22.2. The molecule has 0 bridgehead atoms. The monoisotopic (exact) mass is 432 g/mol. The van der Waals surface area contributed by atoms with Crippen LogP contribution in [0.25, 0.3) is 0 Å². The van der Waals surface area contributed by atoms with Gasteiger partial charge in [0.15, 0.2) is 5.96 Å². The minimum atomic E-state index is -0.484. The number of halogens is 2. The summed E-state index contributed by atoms with van der Waals surface area (Å²) in [5.74, 6) is 1.25. The lowest BCUT2D eigenvalue weighted by Crippen LogP contribution is -2.51. The molecule has 2 aromatic rings. The van der Waals surface area contributed by atoms with Gasteiger partial charge in [-0.05, 0) is 44.4 Å². The van der Waals surface area contributed by atoms with Crippen molar-refractivity contribution in [1.29, 1.82) is 0 Å². The highest BCUT2D eigenvalue weighted by atomic mass is 19.1. The molecule has 0 spiro atoms. The molecule has 8 heteroatoms. The van der Waals surface area contributed by atoms with E-state index < -0.39 is 11.6 Å². The topological polar surface area (TPSA) is 57.5 Å². The fourth-order valence-electron chi connectivity index (χ4n) is 3.94. The van der Waals surface area contributed by atoms with Crippen LogP contribution in [-0.2, 0) is 19.6 Å². The van der Waals surface area contributed by atoms with Gasteiger partial charge in [0.05, 0.1) is 0 Å². The molecule has 0 aliphatic carbocycles. The van der Waals surface area contributed by atoms with Crippen molar-refractivity contribution < 1.29 is 8.78 Å². The van der Waals surface area contributed by atoms with Gasteiger partial charge in [-0.1, -0.05) is 19.9 Å². The number of piperidine rings is 1. The summed E-state index contributed by atoms with van der Waals surface area (Å²) >= 11 is 0. The number of aliphatic imine (C=N–C) groups is 1. The van der Waals surface area contributed by atoms with Crippen molar-refractivity contribution in [3.8, 4) is 0 Å². The van der Waals surface area contributed by atoms with Crippen LogP contribution in [0.5, 0.6) is 0 Å². The van der Waals surface area contributed by atoms with E-state index in [9.17, 15) is 8.78 Å². The van der Waals surface area contributed by atoms with E-state index in [0.717, 1.165) is 44.3 Å². The average Bonchev–Trinajstić information content (AvgIpc) is 3.16. The fourth-order valence-corrected chi connectivity index (χ4v) is 3.94. The summed E-state index contributed by atoms with van der Waals surface area (Å²) in [6.45, 7) is 10.4. The van der Waals surface area contributed by atoms with Crippen molar-refractivity contribution in [1.82, 2.24) is 25.1 Å². The van der Waals surface area contributed by atoms with Crippen molar-refractivity contribution in [2.24, 2.45) is 10.9 Å². The van der Waals surface area contributed by atoms with Crippen LogP contribution < -0.4 is 10.6 Å². The molecule has 170 valence electrons. The summed E-state index contributed by atoms with van der Waals surface area (Å²) in [6, 6.07) is 4.20. The molecular formula is C23H34F2N6. The molecule has 1 saturated heterocycles. The van der Waals surface area contributed by atoms with E-state index >= 15 is 0 Å². The number of guanidine groups is 1. The van der Waals surface area contributed by atoms with Crippen molar-refractivity contribution in [2.45, 2.75) is 59.3 Å². The van der Waals surface area contributed by atoms with E-state index in [4.69, 9.17) is 4.99 Å². The predicted molar refractivity (Wildman–Crippen MR) is 120 cm³/mol. The van der Waals surface area contributed by atoms with Crippen LogP contribution in [0.15, 0.2) is 35.6 Å². The van der Waals surface area contributed by atoms with Crippen LogP contribution in [0.1, 0.15) is 45.0 Å². The number of aromatic nitrogens is 2. The Labute approximate surface area is 183 Å². The molecular weight excluding hydrogens is 398 g/mol. The quantitative estimate of drug-likeness (QED) is 0.495. The molecule has 0 radical (unpaired) electrons. The number of hydrogen-bond acceptors (Lipinski definition) is 3. The summed E-state index contributed by atoms with van der Waals surface area (Å²) in [4.78, 5) is 11.3. The minimum Gasteiger partial charge on any atom is -0.357 e. The van der Waals surface area contributed by atoms with Crippen LogP contribution in [0.3, 0.4) is 0 Å². The van der Waals surface area contributed by atoms with Gasteiger partial charge in [0, 0.05) is 50.2 Å². The highest BCUT2D eigenvalue weighted by molar-refractivity contribution is 5.80. The summed E-state index contributed by atoms with van der Waals surface area (Å²) in [5.41, 5.74) is 0.140. The van der Waals surface area contributed by atoms with Crippen LogP contribution >= 0.6 is 0 Å². The number of imidazole rings is 1. The first-order valence-electron chi connectivity index (χ1n) is 11.2. The Morgan fingerprint density at radius 2 is 2.06 bits per heavy atom. The Balaban J connectivity index is 1.61. The first kappa shape index (κ1) is 23.2. The van der Waals surface area contributed by atoms with Gasteiger partial charge in [-0.3, -0.25) is 4.90 Å². The molecule has 2 N–H and O–H groups in total. The fraction of sp³-hybridized carbons (Fsp3) is 0.565. The summed E-state index contributed by atoms with van der Waals surface area (Å²) in [5, 5.41) is 6.80. The first-order valence-corrected chi connectivity index (χ1v) is 11.2. The summed E-state index contributed by atoms with van der Waals surface area (Å²) in [7, 11) is 0. The number of hydrogen-bond donors (Lipinski definition) is 2. The Morgan fingerprint density at radius 1 is 1.29 bits per heavy atom. The molecule has 3 rings (SSSR count). The normalized spacial score (nSPS) is 17.9. The average molecular weight is 433 g/mol. The van der Waals surface area contributed by atoms with Gasteiger partial charge in [0.2, 0.25) is 0 Å². The van der Waals surface area contributed by atoms with Gasteiger partial charge >= 0.3 is 0 Å². The second-order valence-electron chi connectivity index (χ2n) is 8.50. The smallest absolute Gasteiger partial charge is 0.191 e. The molecule has 2 heterocycles. The van der Waals surface area contributed by atoms with Gasteiger partial charge in [0.25, 0.3) is 0 Å². The Morgan fingerprint density at radius 3 is 2.77 bits per heavy atom. The number of benzene rings is 1. The highest BCUT2D eigenvalue weighted by Crippen LogP contribution is 2.18. The second kappa shape index (κ2) is 11.2. The summed E-state index contributed by atoms with van der Waals surface area (Å²) < 4.78 is 30.2. The molecule has 0 amide bonds. The van der Waals surface area contributed by atoms with Gasteiger partial charge in [0.1, 0.15) is 24.0 Å². The van der Waals surface area contributed by atoms with Gasteiger partial charge < -0.3 is 15.2 Å². The molecule has 0 saturated carbocycles. The Hall–Kier alpha value is -2.48. The van der Waals surface area contributed by atoms with Crippen LogP contribution in [0.4, 0.5) is 8.78 Å². The van der Waals surface area contributed by atoms with Crippen molar-refractivity contribution in [3.05, 3.63) is 53.6 Å². The molecule has 1 aliphatic heterocycles. The van der Waals surface area contributed by atoms with E-state index in [-0.39, 0.29) is 18.2 Å². The number of nitrogens with zero attached hydrogens (tertiary/aromatic N) is 4. The number of rotatable bonds is 8. The Kier molecular flexibility index (Phi) is 8.40. The van der Waals surface area contributed by atoms with E-state index in [1.54, 1.807) is 0 Å². The third-order valence-electron chi connectivity index (χ3n) is 5.38. The third-order valence-corrected chi connectivity index (χ3v) is 5.38. The molecule has 1 aromatic heterocycles. The van der Waals surface area contributed by atoms with Crippen LogP contribution in [0, 0.1) is 17.6 Å². The molecule has 1 fully saturated rings. The standard InChI is InChI=1S/C23H34F2N6/c1-4-26-23(28-13-22-27-10-12-31(22)14-17(2)3)29-18-7-6-11-30(15-18)16-19-20(24)8-5-9-21(19)25/h5,8-10,12,17-18H,4,6-7,11,13-16H2,1-3H3,(H2,26,28,29). The lowest BCUT2D eigenvalue weighted by molar-refractivity contribution is 0.188. The number of nitrogens with one attached hydrogen (secondary N) is 2. The second-order valence-corrected chi connectivity index (χ2v) is 8.50. The molecule has 31 heavy (non-hydrogen) atoms. The maximum atomic E-state index is 14.0. The molecule has 6 nitrogen and oxygen atoms in total. The Bertz CT molecular complexity index is 843. The predicted octanol–water partition coefficient (Wildman–Crippen LogP) is 3.54. The SMILES string of the molecule is CCNC(=NCc1nccn1CC(C)C)NC1CCCN(Cc2c(F)cccc2F)C1. The minimum absolute atomic E-state index is 0.140. The van der Waals surface area contributed by atoms with Crippen molar-refractivity contribution in [3.63, 3.8) is 0 Å². The van der Waals surface area contributed by atoms with Gasteiger partial charge in [-0.25, -0.2) is 18.8 Å². The lowest BCUT2D eigenvalue weighted by Gasteiger charge is -2.34. The van der Waals surface area contributed by atoms with E-state index in [0.29, 0.717) is 19.0 Å². The molecule has 1 atom stereocenters. The first-order chi connectivity index (χ1) is 15.0. The zero-order valence-corrected chi connectivity index (χ0v) is 18.7. The van der Waals surface area contributed by atoms with Crippen molar-refractivity contribution >= 4 is 5.96 Å². The molecule has 1 aromatic carbocycles. The van der Waals surface area contributed by atoms with Gasteiger partial charge in [-0.15, -0.1) is 0 Å². The number of likely N-dealkylation sites (tertiary alicyclic amines) is 1.